The maximum atomic E-state index is 13.2. The Bertz CT molecular complexity index is 1340. The van der Waals surface area contributed by atoms with Crippen LogP contribution >= 0.6 is 11.3 Å². The highest BCUT2D eigenvalue weighted by Gasteiger charge is 2.33. The fourth-order valence-corrected chi connectivity index (χ4v) is 6.56. The Morgan fingerprint density at radius 2 is 1.94 bits per heavy atom. The molecule has 1 unspecified atom stereocenters. The molecule has 170 valence electrons. The van der Waals surface area contributed by atoms with Gasteiger partial charge in [-0.3, -0.25) is 4.79 Å². The average Bonchev–Trinajstić information content (AvgIpc) is 3.11. The number of aryl methyl sites for hydroxylation is 2. The van der Waals surface area contributed by atoms with E-state index in [-0.39, 0.29) is 17.3 Å². The molecule has 4 rings (SSSR count). The summed E-state index contributed by atoms with van der Waals surface area (Å²) in [7, 11) is -0.376. The summed E-state index contributed by atoms with van der Waals surface area (Å²) in [6, 6.07) is 8.57. The molecule has 0 spiro atoms. The van der Waals surface area contributed by atoms with Crippen LogP contribution in [0, 0.1) is 18.7 Å². The summed E-state index contributed by atoms with van der Waals surface area (Å²) in [5, 5.41) is 0. The van der Waals surface area contributed by atoms with Gasteiger partial charge in [0.05, 0.1) is 22.6 Å². The van der Waals surface area contributed by atoms with Crippen molar-refractivity contribution in [2.45, 2.75) is 24.7 Å². The average molecular weight is 478 g/mol. The Morgan fingerprint density at radius 1 is 1.22 bits per heavy atom. The highest BCUT2D eigenvalue weighted by Crippen LogP contribution is 2.30. The first-order chi connectivity index (χ1) is 15.2. The van der Waals surface area contributed by atoms with Crippen LogP contribution in [0.3, 0.4) is 0 Å². The van der Waals surface area contributed by atoms with Crippen molar-refractivity contribution in [1.82, 2.24) is 8.87 Å². The van der Waals surface area contributed by atoms with Gasteiger partial charge in [0.1, 0.15) is 17.1 Å². The molecule has 1 aliphatic rings. The smallest absolute Gasteiger partial charge is 0.252 e. The van der Waals surface area contributed by atoms with Gasteiger partial charge in [0.2, 0.25) is 10.0 Å². The standard InChI is InChI=1S/C22H24FN3O4S2/c1-14-6-11-18(30-3)19-20(14)31-22(25(19)2)24-21(27)15-5-4-12-26(13-15)32(28,29)17-9-7-16(23)8-10-17/h6-11,15H,4-5,12-13H2,1-3H3. The minimum absolute atomic E-state index is 0.0161. The van der Waals surface area contributed by atoms with Gasteiger partial charge in [0.15, 0.2) is 4.80 Å². The number of amides is 1. The number of thiazole rings is 1. The Labute approximate surface area is 189 Å². The van der Waals surface area contributed by atoms with E-state index in [2.05, 4.69) is 4.99 Å². The van der Waals surface area contributed by atoms with Crippen LogP contribution in [0.15, 0.2) is 46.3 Å². The van der Waals surface area contributed by atoms with Gasteiger partial charge < -0.3 is 9.30 Å². The maximum Gasteiger partial charge on any atom is 0.252 e. The second kappa shape index (κ2) is 8.76. The third-order valence-electron chi connectivity index (χ3n) is 5.72. The van der Waals surface area contributed by atoms with E-state index < -0.39 is 21.8 Å². The van der Waals surface area contributed by atoms with Crippen LogP contribution in [0.1, 0.15) is 18.4 Å². The molecule has 1 saturated heterocycles. The number of halogens is 1. The van der Waals surface area contributed by atoms with Gasteiger partial charge in [0, 0.05) is 20.1 Å². The molecule has 0 bridgehead atoms. The van der Waals surface area contributed by atoms with Crippen molar-refractivity contribution in [2.75, 3.05) is 20.2 Å². The number of methoxy groups -OCH3 is 1. The van der Waals surface area contributed by atoms with Crippen LogP contribution in [0.5, 0.6) is 5.75 Å². The van der Waals surface area contributed by atoms with E-state index in [4.69, 9.17) is 4.74 Å². The lowest BCUT2D eigenvalue weighted by Crippen LogP contribution is -2.42. The lowest BCUT2D eigenvalue weighted by molar-refractivity contribution is -0.122. The quantitative estimate of drug-likeness (QED) is 0.578. The summed E-state index contributed by atoms with van der Waals surface area (Å²) < 4.78 is 48.7. The number of fused-ring (bicyclic) bond motifs is 1. The van der Waals surface area contributed by atoms with Gasteiger partial charge in [-0.2, -0.15) is 9.30 Å². The molecule has 1 aromatic heterocycles. The number of rotatable bonds is 4. The van der Waals surface area contributed by atoms with Crippen LogP contribution in [0.25, 0.3) is 10.2 Å². The van der Waals surface area contributed by atoms with Crippen molar-refractivity contribution < 1.29 is 22.3 Å². The lowest BCUT2D eigenvalue weighted by atomic mass is 9.99. The number of hydrogen-bond donors (Lipinski definition) is 0. The third kappa shape index (κ3) is 4.10. The second-order valence-electron chi connectivity index (χ2n) is 7.81. The lowest BCUT2D eigenvalue weighted by Gasteiger charge is -2.30. The molecule has 0 saturated carbocycles. The molecule has 0 radical (unpaired) electrons. The number of piperidine rings is 1. The molecule has 1 fully saturated rings. The van der Waals surface area contributed by atoms with Crippen LogP contribution in [0.4, 0.5) is 4.39 Å². The molecule has 3 aromatic rings. The van der Waals surface area contributed by atoms with Crippen LogP contribution in [-0.2, 0) is 21.9 Å². The molecule has 2 heterocycles. The Hall–Kier alpha value is -2.56. The Kier molecular flexibility index (Phi) is 6.19. The maximum absolute atomic E-state index is 13.2. The van der Waals surface area contributed by atoms with Gasteiger partial charge in [-0.15, -0.1) is 0 Å². The van der Waals surface area contributed by atoms with E-state index in [0.717, 1.165) is 27.9 Å². The number of hydrogen-bond acceptors (Lipinski definition) is 5. The monoisotopic (exact) mass is 477 g/mol. The summed E-state index contributed by atoms with van der Waals surface area (Å²) >= 11 is 1.41. The molecule has 0 aliphatic carbocycles. The van der Waals surface area contributed by atoms with Crippen molar-refractivity contribution in [2.24, 2.45) is 18.0 Å². The molecule has 7 nitrogen and oxygen atoms in total. The van der Waals surface area contributed by atoms with E-state index in [1.807, 2.05) is 30.7 Å². The van der Waals surface area contributed by atoms with E-state index >= 15 is 0 Å². The number of carbonyl (C=O) groups is 1. The van der Waals surface area contributed by atoms with Crippen molar-refractivity contribution in [3.63, 3.8) is 0 Å². The molecule has 32 heavy (non-hydrogen) atoms. The van der Waals surface area contributed by atoms with Gasteiger partial charge in [-0.25, -0.2) is 12.8 Å². The third-order valence-corrected chi connectivity index (χ3v) is 8.86. The zero-order chi connectivity index (χ0) is 23.0. The van der Waals surface area contributed by atoms with Crippen LogP contribution in [0.2, 0.25) is 0 Å². The molecule has 0 N–H and O–H groups in total. The zero-order valence-corrected chi connectivity index (χ0v) is 19.7. The summed E-state index contributed by atoms with van der Waals surface area (Å²) in [4.78, 5) is 17.9. The summed E-state index contributed by atoms with van der Waals surface area (Å²) in [5.41, 5.74) is 1.93. The molecular weight excluding hydrogens is 453 g/mol. The van der Waals surface area contributed by atoms with Crippen molar-refractivity contribution in [1.29, 1.82) is 0 Å². The SMILES string of the molecule is COc1ccc(C)c2sc(=NC(=O)C3CCCN(S(=O)(=O)c4ccc(F)cc4)C3)n(C)c12. The fourth-order valence-electron chi connectivity index (χ4n) is 3.92. The zero-order valence-electron chi connectivity index (χ0n) is 18.0. The number of ether oxygens (including phenoxy) is 1. The normalized spacial score (nSPS) is 18.2. The molecule has 10 heteroatoms. The van der Waals surface area contributed by atoms with Crippen molar-refractivity contribution >= 4 is 37.5 Å². The number of nitrogens with zero attached hydrogens (tertiary/aromatic N) is 3. The number of carbonyl (C=O) groups excluding carboxylic acids is 1. The fraction of sp³-hybridized carbons (Fsp3) is 0.364. The van der Waals surface area contributed by atoms with Gasteiger partial charge >= 0.3 is 0 Å². The van der Waals surface area contributed by atoms with E-state index in [1.165, 1.54) is 27.8 Å². The minimum atomic E-state index is -3.81. The number of aromatic nitrogens is 1. The van der Waals surface area contributed by atoms with E-state index in [9.17, 15) is 17.6 Å². The first kappa shape index (κ1) is 22.6. The van der Waals surface area contributed by atoms with Crippen molar-refractivity contribution in [3.05, 3.63) is 52.6 Å². The van der Waals surface area contributed by atoms with E-state index in [0.29, 0.717) is 29.9 Å². The van der Waals surface area contributed by atoms with Crippen LogP contribution in [-0.4, -0.2) is 43.4 Å². The Morgan fingerprint density at radius 3 is 2.62 bits per heavy atom. The van der Waals surface area contributed by atoms with Gasteiger partial charge in [-0.1, -0.05) is 17.4 Å². The predicted molar refractivity (Wildman–Crippen MR) is 121 cm³/mol. The molecular formula is C22H24FN3O4S2. The largest absolute Gasteiger partial charge is 0.495 e. The first-order valence-corrected chi connectivity index (χ1v) is 12.5. The molecule has 2 aromatic carbocycles. The van der Waals surface area contributed by atoms with Crippen molar-refractivity contribution in [3.8, 4) is 5.75 Å². The number of sulfonamides is 1. The minimum Gasteiger partial charge on any atom is -0.495 e. The number of benzene rings is 2. The molecule has 1 amide bonds. The van der Waals surface area contributed by atoms with Crippen LogP contribution < -0.4 is 9.54 Å². The first-order valence-electron chi connectivity index (χ1n) is 10.2. The summed E-state index contributed by atoms with van der Waals surface area (Å²) in [6.45, 7) is 2.36. The highest BCUT2D eigenvalue weighted by atomic mass is 32.2. The topological polar surface area (TPSA) is 81.0 Å². The van der Waals surface area contributed by atoms with E-state index in [1.54, 1.807) is 7.11 Å². The second-order valence-corrected chi connectivity index (χ2v) is 10.7. The Balaban J connectivity index is 1.63. The summed E-state index contributed by atoms with van der Waals surface area (Å²) in [6.07, 6.45) is 1.12. The van der Waals surface area contributed by atoms with Gasteiger partial charge in [0.25, 0.3) is 5.91 Å². The predicted octanol–water partition coefficient (Wildman–Crippen LogP) is 3.22. The highest BCUT2D eigenvalue weighted by molar-refractivity contribution is 7.89. The summed E-state index contributed by atoms with van der Waals surface area (Å²) in [5.74, 6) is -0.681. The van der Waals surface area contributed by atoms with Gasteiger partial charge in [-0.05, 0) is 55.7 Å². The molecule has 1 atom stereocenters. The molecule has 1 aliphatic heterocycles.